The number of halogens is 2. The molecule has 0 saturated heterocycles. The van der Waals surface area contributed by atoms with Crippen LogP contribution < -0.4 is 0 Å². The van der Waals surface area contributed by atoms with Gasteiger partial charge in [-0.25, -0.2) is 4.39 Å². The Morgan fingerprint density at radius 1 is 1.11 bits per heavy atom. The Bertz CT molecular complexity index is 1020. The van der Waals surface area contributed by atoms with Gasteiger partial charge in [0.05, 0.1) is 18.7 Å². The molecule has 3 rings (SSSR count). The summed E-state index contributed by atoms with van der Waals surface area (Å²) in [5.74, 6) is -1.61. The second-order valence-electron chi connectivity index (χ2n) is 6.05. The lowest BCUT2D eigenvalue weighted by atomic mass is 10.1. The van der Waals surface area contributed by atoms with Gasteiger partial charge in [0.15, 0.2) is 5.78 Å². The van der Waals surface area contributed by atoms with Gasteiger partial charge in [0.25, 0.3) is 0 Å². The van der Waals surface area contributed by atoms with Crippen molar-refractivity contribution in [2.75, 3.05) is 0 Å². The maximum absolute atomic E-state index is 13.0. The van der Waals surface area contributed by atoms with Gasteiger partial charge in [-0.3, -0.25) is 14.3 Å². The Balaban J connectivity index is 1.90. The minimum atomic E-state index is -0.924. The highest BCUT2D eigenvalue weighted by molar-refractivity contribution is 6.30. The molecule has 0 saturated carbocycles. The highest BCUT2D eigenvalue weighted by atomic mass is 35.5. The van der Waals surface area contributed by atoms with E-state index in [1.54, 1.807) is 36.5 Å². The van der Waals surface area contributed by atoms with E-state index in [9.17, 15) is 14.0 Å². The SMILES string of the molecule is O=C(O)CCn1cc(/C=C\C(=O)c2ccc(F)cc2)c(-c2ccc(Cl)cc2)n1. The molecule has 0 unspecified atom stereocenters. The van der Waals surface area contributed by atoms with E-state index >= 15 is 0 Å². The summed E-state index contributed by atoms with van der Waals surface area (Å²) in [6.07, 6.45) is 4.60. The van der Waals surface area contributed by atoms with Crippen LogP contribution in [0.25, 0.3) is 17.3 Å². The fourth-order valence-corrected chi connectivity index (χ4v) is 2.72. The van der Waals surface area contributed by atoms with Gasteiger partial charge in [-0.1, -0.05) is 23.7 Å². The number of carbonyl (C=O) groups excluding carboxylic acids is 1. The van der Waals surface area contributed by atoms with Crippen LogP contribution in [0.1, 0.15) is 22.3 Å². The third kappa shape index (κ3) is 4.92. The highest BCUT2D eigenvalue weighted by Crippen LogP contribution is 2.25. The Morgan fingerprint density at radius 3 is 2.43 bits per heavy atom. The number of hydrogen-bond acceptors (Lipinski definition) is 3. The average Bonchev–Trinajstić information content (AvgIpc) is 3.09. The smallest absolute Gasteiger partial charge is 0.305 e. The third-order valence-electron chi connectivity index (χ3n) is 4.01. The van der Waals surface area contributed by atoms with E-state index in [-0.39, 0.29) is 18.7 Å². The first-order valence-corrected chi connectivity index (χ1v) is 8.83. The largest absolute Gasteiger partial charge is 0.481 e. The van der Waals surface area contributed by atoms with Gasteiger partial charge >= 0.3 is 5.97 Å². The van der Waals surface area contributed by atoms with E-state index in [1.807, 2.05) is 0 Å². The van der Waals surface area contributed by atoms with Crippen LogP contribution >= 0.6 is 11.6 Å². The first-order valence-electron chi connectivity index (χ1n) is 8.45. The summed E-state index contributed by atoms with van der Waals surface area (Å²) in [4.78, 5) is 23.1. The van der Waals surface area contributed by atoms with Gasteiger partial charge in [0, 0.05) is 27.9 Å². The summed E-state index contributed by atoms with van der Waals surface area (Å²) in [5, 5.41) is 13.9. The number of carboxylic acids is 1. The van der Waals surface area contributed by atoms with Crippen molar-refractivity contribution < 1.29 is 19.1 Å². The first kappa shape index (κ1) is 19.5. The summed E-state index contributed by atoms with van der Waals surface area (Å²) in [7, 11) is 0. The molecule has 1 aromatic heterocycles. The van der Waals surface area contributed by atoms with Gasteiger partial charge in [-0.05, 0) is 48.6 Å². The van der Waals surface area contributed by atoms with Gasteiger partial charge in [-0.15, -0.1) is 0 Å². The van der Waals surface area contributed by atoms with Gasteiger partial charge < -0.3 is 5.11 Å². The zero-order valence-corrected chi connectivity index (χ0v) is 15.4. The van der Waals surface area contributed by atoms with E-state index in [0.29, 0.717) is 21.8 Å². The Kier molecular flexibility index (Phi) is 6.01. The van der Waals surface area contributed by atoms with Crippen molar-refractivity contribution in [2.45, 2.75) is 13.0 Å². The summed E-state index contributed by atoms with van der Waals surface area (Å²) >= 11 is 5.93. The number of aromatic nitrogens is 2. The molecule has 0 fully saturated rings. The Morgan fingerprint density at radius 2 is 1.79 bits per heavy atom. The minimum Gasteiger partial charge on any atom is -0.481 e. The van der Waals surface area contributed by atoms with Gasteiger partial charge in [0.1, 0.15) is 5.82 Å². The summed E-state index contributed by atoms with van der Waals surface area (Å²) < 4.78 is 14.5. The molecule has 0 aliphatic rings. The molecule has 5 nitrogen and oxygen atoms in total. The zero-order valence-electron chi connectivity index (χ0n) is 14.7. The van der Waals surface area contributed by atoms with Crippen LogP contribution in [0.15, 0.2) is 60.8 Å². The molecule has 3 aromatic rings. The molecule has 1 heterocycles. The molecule has 0 aliphatic carbocycles. The predicted molar refractivity (Wildman–Crippen MR) is 105 cm³/mol. The number of aryl methyl sites for hydroxylation is 1. The lowest BCUT2D eigenvalue weighted by molar-refractivity contribution is -0.137. The lowest BCUT2D eigenvalue weighted by Gasteiger charge is -2.00. The van der Waals surface area contributed by atoms with E-state index < -0.39 is 11.8 Å². The molecular weight excluding hydrogens is 383 g/mol. The number of hydrogen-bond donors (Lipinski definition) is 1. The van der Waals surface area contributed by atoms with Crippen LogP contribution in [0, 0.1) is 5.82 Å². The number of nitrogens with zero attached hydrogens (tertiary/aromatic N) is 2. The Hall–Kier alpha value is -3.25. The molecule has 0 amide bonds. The van der Waals surface area contributed by atoms with E-state index in [1.165, 1.54) is 35.0 Å². The van der Waals surface area contributed by atoms with Crippen LogP contribution in [0.3, 0.4) is 0 Å². The second-order valence-corrected chi connectivity index (χ2v) is 6.49. The van der Waals surface area contributed by atoms with Crippen LogP contribution in [0.5, 0.6) is 0 Å². The normalized spacial score (nSPS) is 11.1. The second kappa shape index (κ2) is 8.63. The lowest BCUT2D eigenvalue weighted by Crippen LogP contribution is -2.04. The molecule has 0 bridgehead atoms. The molecular formula is C21H16ClFN2O3. The van der Waals surface area contributed by atoms with Crippen molar-refractivity contribution in [1.82, 2.24) is 9.78 Å². The summed E-state index contributed by atoms with van der Waals surface area (Å²) in [5.41, 5.74) is 2.41. The molecule has 7 heteroatoms. The number of aliphatic carboxylic acids is 1. The zero-order chi connectivity index (χ0) is 20.1. The number of benzene rings is 2. The number of ketones is 1. The van der Waals surface area contributed by atoms with Crippen LogP contribution in [-0.2, 0) is 11.3 Å². The molecule has 0 aliphatic heterocycles. The number of rotatable bonds is 7. The quantitative estimate of drug-likeness (QED) is 0.462. The van der Waals surface area contributed by atoms with E-state index in [4.69, 9.17) is 16.7 Å². The fourth-order valence-electron chi connectivity index (χ4n) is 2.59. The van der Waals surface area contributed by atoms with E-state index in [2.05, 4.69) is 5.10 Å². The van der Waals surface area contributed by atoms with Gasteiger partial charge in [0.2, 0.25) is 0 Å². The standard InChI is InChI=1S/C21H16ClFN2O3/c22-17-6-1-15(2-7-17)21-16(13-25(24-21)12-11-20(27)28)5-10-19(26)14-3-8-18(23)9-4-14/h1-10,13H,11-12H2,(H,27,28)/b10-5-. The van der Waals surface area contributed by atoms with E-state index in [0.717, 1.165) is 5.56 Å². The van der Waals surface area contributed by atoms with Crippen molar-refractivity contribution >= 4 is 29.4 Å². The van der Waals surface area contributed by atoms with Crippen LogP contribution in [0.4, 0.5) is 4.39 Å². The van der Waals surface area contributed by atoms with Crippen molar-refractivity contribution in [2.24, 2.45) is 0 Å². The number of carbonyl (C=O) groups is 2. The molecule has 0 spiro atoms. The minimum absolute atomic E-state index is 0.0700. The fraction of sp³-hybridized carbons (Fsp3) is 0.0952. The van der Waals surface area contributed by atoms with Crippen molar-refractivity contribution in [3.63, 3.8) is 0 Å². The predicted octanol–water partition coefficient (Wildman–Crippen LogP) is 4.71. The summed E-state index contributed by atoms with van der Waals surface area (Å²) in [6.45, 7) is 0.204. The average molecular weight is 399 g/mol. The molecule has 1 N–H and O–H groups in total. The molecule has 142 valence electrons. The topological polar surface area (TPSA) is 72.2 Å². The molecule has 0 radical (unpaired) electrons. The van der Waals surface area contributed by atoms with Crippen molar-refractivity contribution in [1.29, 1.82) is 0 Å². The van der Waals surface area contributed by atoms with Crippen LogP contribution in [0.2, 0.25) is 5.02 Å². The maximum Gasteiger partial charge on any atom is 0.305 e. The molecule has 28 heavy (non-hydrogen) atoms. The first-order chi connectivity index (χ1) is 13.4. The maximum atomic E-state index is 13.0. The Labute approximate surface area is 165 Å². The monoisotopic (exact) mass is 398 g/mol. The third-order valence-corrected chi connectivity index (χ3v) is 4.26. The molecule has 2 aromatic carbocycles. The van der Waals surface area contributed by atoms with Crippen molar-refractivity contribution in [3.8, 4) is 11.3 Å². The number of carboxylic acid groups (broad SMARTS) is 1. The highest BCUT2D eigenvalue weighted by Gasteiger charge is 2.11. The molecule has 0 atom stereocenters. The summed E-state index contributed by atoms with van der Waals surface area (Å²) in [6, 6.07) is 12.3. The van der Waals surface area contributed by atoms with Gasteiger partial charge in [-0.2, -0.15) is 5.10 Å². The van der Waals surface area contributed by atoms with Crippen LogP contribution in [-0.4, -0.2) is 26.6 Å². The van der Waals surface area contributed by atoms with Crippen molar-refractivity contribution in [3.05, 3.63) is 82.8 Å². The number of allylic oxidation sites excluding steroid dienone is 1.